The molecular weight excluding hydrogens is 328 g/mol. The Morgan fingerprint density at radius 2 is 1.62 bits per heavy atom. The van der Waals surface area contributed by atoms with E-state index < -0.39 is 5.60 Å². The van der Waals surface area contributed by atoms with Gasteiger partial charge in [-0.1, -0.05) is 76.6 Å². The molecule has 2 aromatic rings. The standard InChI is InChI=1S/C18H17BrO2/c1-18(14-10-6-3-7-11-14)16(19)15(17(20)21-18)12-13-8-4-2-5-9-13/h2-11,15-16H,12H2,1H3/t15-,16-,18+/m1/s1. The number of esters is 1. The predicted molar refractivity (Wildman–Crippen MR) is 86.2 cm³/mol. The van der Waals surface area contributed by atoms with Crippen LogP contribution in [-0.2, 0) is 21.6 Å². The summed E-state index contributed by atoms with van der Waals surface area (Å²) in [5.74, 6) is -0.301. The van der Waals surface area contributed by atoms with Crippen LogP contribution in [-0.4, -0.2) is 10.8 Å². The molecule has 0 unspecified atom stereocenters. The predicted octanol–water partition coefficient (Wildman–Crippen LogP) is 4.08. The van der Waals surface area contributed by atoms with Gasteiger partial charge in [-0.25, -0.2) is 0 Å². The van der Waals surface area contributed by atoms with Crippen molar-refractivity contribution in [2.45, 2.75) is 23.8 Å². The normalized spacial score (nSPS) is 28.4. The van der Waals surface area contributed by atoms with Gasteiger partial charge in [-0.2, -0.15) is 0 Å². The summed E-state index contributed by atoms with van der Waals surface area (Å²) in [6.07, 6.45) is 0.692. The Morgan fingerprint density at radius 1 is 1.05 bits per heavy atom. The van der Waals surface area contributed by atoms with E-state index in [1.807, 2.05) is 67.6 Å². The molecule has 1 saturated heterocycles. The molecule has 1 aliphatic heterocycles. The van der Waals surface area contributed by atoms with Gasteiger partial charge in [-0.3, -0.25) is 4.79 Å². The van der Waals surface area contributed by atoms with Gasteiger partial charge in [0.1, 0.15) is 5.60 Å². The fourth-order valence-electron chi connectivity index (χ4n) is 2.89. The second-order valence-electron chi connectivity index (χ2n) is 5.59. The Kier molecular flexibility index (Phi) is 3.85. The van der Waals surface area contributed by atoms with Crippen LogP contribution in [0.5, 0.6) is 0 Å². The van der Waals surface area contributed by atoms with Gasteiger partial charge in [-0.05, 0) is 24.5 Å². The Bertz CT molecular complexity index is 626. The Hall–Kier alpha value is -1.61. The summed E-state index contributed by atoms with van der Waals surface area (Å²) in [5, 5.41) is 0. The van der Waals surface area contributed by atoms with Gasteiger partial charge in [0.15, 0.2) is 0 Å². The van der Waals surface area contributed by atoms with Crippen LogP contribution in [0.15, 0.2) is 60.7 Å². The van der Waals surface area contributed by atoms with Crippen LogP contribution in [0.2, 0.25) is 0 Å². The van der Waals surface area contributed by atoms with Crippen LogP contribution < -0.4 is 0 Å². The zero-order chi connectivity index (χ0) is 14.9. The third kappa shape index (κ3) is 2.62. The van der Waals surface area contributed by atoms with Crippen molar-refractivity contribution < 1.29 is 9.53 Å². The van der Waals surface area contributed by atoms with Gasteiger partial charge < -0.3 is 4.74 Å². The zero-order valence-electron chi connectivity index (χ0n) is 11.8. The SMILES string of the molecule is C[C@@]1(c2ccccc2)OC(=O)[C@H](Cc2ccccc2)[C@H]1Br. The number of hydrogen-bond acceptors (Lipinski definition) is 2. The van der Waals surface area contributed by atoms with Crippen molar-refractivity contribution in [3.63, 3.8) is 0 Å². The van der Waals surface area contributed by atoms with Crippen LogP contribution in [0.25, 0.3) is 0 Å². The average molecular weight is 345 g/mol. The molecule has 1 heterocycles. The number of rotatable bonds is 3. The molecule has 3 heteroatoms. The second kappa shape index (κ2) is 5.64. The number of halogens is 1. The van der Waals surface area contributed by atoms with Crippen molar-refractivity contribution in [1.29, 1.82) is 0 Å². The highest BCUT2D eigenvalue weighted by Gasteiger charge is 2.52. The molecule has 0 amide bonds. The van der Waals surface area contributed by atoms with Gasteiger partial charge in [-0.15, -0.1) is 0 Å². The molecule has 21 heavy (non-hydrogen) atoms. The minimum Gasteiger partial charge on any atom is -0.453 e. The van der Waals surface area contributed by atoms with E-state index in [9.17, 15) is 4.79 Å². The van der Waals surface area contributed by atoms with Crippen molar-refractivity contribution in [1.82, 2.24) is 0 Å². The number of alkyl halides is 1. The van der Waals surface area contributed by atoms with E-state index in [1.165, 1.54) is 0 Å². The van der Waals surface area contributed by atoms with Crippen LogP contribution >= 0.6 is 15.9 Å². The largest absolute Gasteiger partial charge is 0.453 e. The van der Waals surface area contributed by atoms with Crippen molar-refractivity contribution in [3.8, 4) is 0 Å². The molecule has 2 aromatic carbocycles. The van der Waals surface area contributed by atoms with Crippen LogP contribution in [0.3, 0.4) is 0 Å². The van der Waals surface area contributed by atoms with Gasteiger partial charge in [0.05, 0.1) is 10.7 Å². The smallest absolute Gasteiger partial charge is 0.311 e. The first-order valence-corrected chi connectivity index (χ1v) is 7.99. The Morgan fingerprint density at radius 3 is 2.24 bits per heavy atom. The van der Waals surface area contributed by atoms with Crippen molar-refractivity contribution in [2.24, 2.45) is 5.92 Å². The minimum atomic E-state index is -0.613. The third-order valence-electron chi connectivity index (χ3n) is 4.14. The summed E-state index contributed by atoms with van der Waals surface area (Å²) in [6, 6.07) is 20.0. The third-order valence-corrected chi connectivity index (χ3v) is 5.65. The monoisotopic (exact) mass is 344 g/mol. The van der Waals surface area contributed by atoms with Crippen molar-refractivity contribution in [2.75, 3.05) is 0 Å². The molecule has 3 atom stereocenters. The molecule has 0 aromatic heterocycles. The fraction of sp³-hybridized carbons (Fsp3) is 0.278. The number of ether oxygens (including phenoxy) is 1. The highest BCUT2D eigenvalue weighted by molar-refractivity contribution is 9.09. The molecule has 0 aliphatic carbocycles. The fourth-order valence-corrected chi connectivity index (χ4v) is 3.65. The van der Waals surface area contributed by atoms with E-state index >= 15 is 0 Å². The first-order chi connectivity index (χ1) is 10.1. The number of hydrogen-bond donors (Lipinski definition) is 0. The molecule has 2 nitrogen and oxygen atoms in total. The first-order valence-electron chi connectivity index (χ1n) is 7.07. The topological polar surface area (TPSA) is 26.3 Å². The molecule has 108 valence electrons. The van der Waals surface area contributed by atoms with E-state index in [1.54, 1.807) is 0 Å². The maximum absolute atomic E-state index is 12.3. The van der Waals surface area contributed by atoms with Crippen molar-refractivity contribution >= 4 is 21.9 Å². The Balaban J connectivity index is 1.87. The number of carbonyl (C=O) groups excluding carboxylic acids is 1. The molecule has 3 rings (SSSR count). The number of cyclic esters (lactones) is 1. The summed E-state index contributed by atoms with van der Waals surface area (Å²) >= 11 is 3.72. The summed E-state index contributed by atoms with van der Waals surface area (Å²) < 4.78 is 5.75. The highest BCUT2D eigenvalue weighted by atomic mass is 79.9. The number of benzene rings is 2. The molecule has 1 aliphatic rings. The molecule has 0 spiro atoms. The summed E-state index contributed by atoms with van der Waals surface area (Å²) in [5.41, 5.74) is 1.56. The molecule has 0 N–H and O–H groups in total. The van der Waals surface area contributed by atoms with Crippen LogP contribution in [0.4, 0.5) is 0 Å². The zero-order valence-corrected chi connectivity index (χ0v) is 13.4. The van der Waals surface area contributed by atoms with Gasteiger partial charge in [0, 0.05) is 0 Å². The van der Waals surface area contributed by atoms with E-state index in [0.717, 1.165) is 11.1 Å². The van der Waals surface area contributed by atoms with E-state index in [4.69, 9.17) is 4.74 Å². The Labute approximate surface area is 133 Å². The van der Waals surface area contributed by atoms with Crippen LogP contribution in [0.1, 0.15) is 18.1 Å². The van der Waals surface area contributed by atoms with Gasteiger partial charge in [0.2, 0.25) is 0 Å². The summed E-state index contributed by atoms with van der Waals surface area (Å²) in [4.78, 5) is 12.3. The maximum atomic E-state index is 12.3. The van der Waals surface area contributed by atoms with Gasteiger partial charge in [0.25, 0.3) is 0 Å². The lowest BCUT2D eigenvalue weighted by Crippen LogP contribution is -2.32. The maximum Gasteiger partial charge on any atom is 0.311 e. The van der Waals surface area contributed by atoms with Crippen LogP contribution in [0, 0.1) is 5.92 Å². The quantitative estimate of drug-likeness (QED) is 0.619. The lowest BCUT2D eigenvalue weighted by Gasteiger charge is -2.27. The molecule has 1 fully saturated rings. The average Bonchev–Trinajstić information content (AvgIpc) is 2.74. The molecule has 0 saturated carbocycles. The number of carbonyl (C=O) groups is 1. The summed E-state index contributed by atoms with van der Waals surface area (Å²) in [7, 11) is 0. The van der Waals surface area contributed by atoms with Gasteiger partial charge >= 0.3 is 5.97 Å². The van der Waals surface area contributed by atoms with E-state index in [0.29, 0.717) is 6.42 Å². The van der Waals surface area contributed by atoms with Crippen molar-refractivity contribution in [3.05, 3.63) is 71.8 Å². The lowest BCUT2D eigenvalue weighted by atomic mass is 9.86. The minimum absolute atomic E-state index is 0.0416. The van der Waals surface area contributed by atoms with E-state index in [-0.39, 0.29) is 16.7 Å². The molecular formula is C18H17BrO2. The summed E-state index contributed by atoms with van der Waals surface area (Å²) in [6.45, 7) is 1.98. The van der Waals surface area contributed by atoms with E-state index in [2.05, 4.69) is 15.9 Å². The highest BCUT2D eigenvalue weighted by Crippen LogP contribution is 2.45. The second-order valence-corrected chi connectivity index (χ2v) is 6.58. The lowest BCUT2D eigenvalue weighted by molar-refractivity contribution is -0.150. The molecule has 0 radical (unpaired) electrons. The first kappa shape index (κ1) is 14.3. The molecule has 0 bridgehead atoms.